The van der Waals surface area contributed by atoms with Gasteiger partial charge in [-0.05, 0) is 38.5 Å². The fraction of sp³-hybridized carbons (Fsp3) is 0.250. The predicted molar refractivity (Wildman–Crippen MR) is 119 cm³/mol. The summed E-state index contributed by atoms with van der Waals surface area (Å²) >= 11 is 0. The van der Waals surface area contributed by atoms with E-state index in [9.17, 15) is 9.59 Å². The number of pyridine rings is 1. The first-order valence-electron chi connectivity index (χ1n) is 10.2. The largest absolute Gasteiger partial charge is 0.466 e. The molecule has 32 heavy (non-hydrogen) atoms. The average molecular weight is 432 g/mol. The smallest absolute Gasteiger partial charge is 0.259 e. The number of carbonyl (C=O) groups excluding carboxylic acids is 2. The summed E-state index contributed by atoms with van der Waals surface area (Å²) in [6, 6.07) is 11.8. The van der Waals surface area contributed by atoms with Gasteiger partial charge in [0.05, 0.1) is 22.3 Å². The Morgan fingerprint density at radius 1 is 1.06 bits per heavy atom. The molecule has 0 saturated heterocycles. The number of aryl methyl sites for hydroxylation is 3. The highest BCUT2D eigenvalue weighted by Gasteiger charge is 2.27. The fourth-order valence-electron chi connectivity index (χ4n) is 3.70. The van der Waals surface area contributed by atoms with Gasteiger partial charge >= 0.3 is 0 Å². The van der Waals surface area contributed by atoms with E-state index in [0.29, 0.717) is 33.7 Å². The molecular weight excluding hydrogens is 408 g/mol. The zero-order valence-electron chi connectivity index (χ0n) is 18.6. The lowest BCUT2D eigenvalue weighted by Gasteiger charge is -2.22. The summed E-state index contributed by atoms with van der Waals surface area (Å²) in [6.07, 6.45) is 0. The molecule has 0 spiro atoms. The molecule has 0 unspecified atom stereocenters. The zero-order chi connectivity index (χ0) is 23.0. The number of benzene rings is 1. The number of fused-ring (bicyclic) bond motifs is 1. The monoisotopic (exact) mass is 432 g/mol. The molecular formula is C24H24N4O4. The van der Waals surface area contributed by atoms with Gasteiger partial charge in [0.1, 0.15) is 17.6 Å². The maximum absolute atomic E-state index is 13.5. The Morgan fingerprint density at radius 2 is 1.78 bits per heavy atom. The van der Waals surface area contributed by atoms with E-state index >= 15 is 0 Å². The van der Waals surface area contributed by atoms with Gasteiger partial charge in [-0.2, -0.15) is 0 Å². The van der Waals surface area contributed by atoms with Crippen LogP contribution < -0.4 is 5.32 Å². The number of likely N-dealkylation sites (N-methyl/N-ethyl adjacent to an activating group) is 1. The van der Waals surface area contributed by atoms with E-state index in [2.05, 4.69) is 15.5 Å². The molecule has 0 bridgehead atoms. The summed E-state index contributed by atoms with van der Waals surface area (Å²) in [7, 11) is 3.31. The maximum atomic E-state index is 13.5. The Balaban J connectivity index is 1.80. The molecule has 0 fully saturated rings. The summed E-state index contributed by atoms with van der Waals surface area (Å²) in [6.45, 7) is 5.43. The van der Waals surface area contributed by atoms with Gasteiger partial charge in [0.25, 0.3) is 11.6 Å². The molecule has 8 nitrogen and oxygen atoms in total. The molecule has 1 N–H and O–H groups in total. The first kappa shape index (κ1) is 21.3. The second kappa shape index (κ2) is 8.30. The van der Waals surface area contributed by atoms with Crippen molar-refractivity contribution < 1.29 is 18.5 Å². The summed E-state index contributed by atoms with van der Waals surface area (Å²) in [5, 5.41) is 7.38. The highest BCUT2D eigenvalue weighted by Crippen LogP contribution is 2.31. The zero-order valence-corrected chi connectivity index (χ0v) is 18.6. The van der Waals surface area contributed by atoms with Crippen LogP contribution in [0.25, 0.3) is 22.4 Å². The minimum Gasteiger partial charge on any atom is -0.466 e. The van der Waals surface area contributed by atoms with Crippen LogP contribution >= 0.6 is 0 Å². The Morgan fingerprint density at radius 3 is 2.41 bits per heavy atom. The second-order valence-electron chi connectivity index (χ2n) is 7.88. The third-order valence-electron chi connectivity index (χ3n) is 5.27. The number of amides is 2. The van der Waals surface area contributed by atoms with Crippen LogP contribution in [0.1, 0.15) is 39.2 Å². The van der Waals surface area contributed by atoms with E-state index in [4.69, 9.17) is 8.94 Å². The van der Waals surface area contributed by atoms with Gasteiger partial charge in [-0.1, -0.05) is 35.5 Å². The van der Waals surface area contributed by atoms with Crippen molar-refractivity contribution in [3.05, 3.63) is 70.8 Å². The van der Waals surface area contributed by atoms with Gasteiger partial charge < -0.3 is 19.2 Å². The van der Waals surface area contributed by atoms with Crippen molar-refractivity contribution in [2.24, 2.45) is 0 Å². The molecule has 1 atom stereocenters. The summed E-state index contributed by atoms with van der Waals surface area (Å²) < 4.78 is 11.0. The molecule has 2 amide bonds. The minimum absolute atomic E-state index is 0.238. The van der Waals surface area contributed by atoms with Crippen molar-refractivity contribution >= 4 is 22.9 Å². The quantitative estimate of drug-likeness (QED) is 0.512. The first-order valence-corrected chi connectivity index (χ1v) is 10.2. The number of hydrogen-bond donors (Lipinski definition) is 1. The molecule has 164 valence electrons. The lowest BCUT2D eigenvalue weighted by atomic mass is 10.0. The molecule has 1 aromatic carbocycles. The maximum Gasteiger partial charge on any atom is 0.259 e. The number of aromatic nitrogens is 2. The molecule has 3 heterocycles. The highest BCUT2D eigenvalue weighted by molar-refractivity contribution is 6.08. The topological polar surface area (TPSA) is 101 Å². The van der Waals surface area contributed by atoms with Crippen LogP contribution in [0.3, 0.4) is 0 Å². The van der Waals surface area contributed by atoms with E-state index in [1.54, 1.807) is 27.1 Å². The SMILES string of the molecule is Cc1cc(-c2cc(C(=O)N[C@@H](C(=O)N(C)C)c3ccccc3)c3c(C)noc3n2)c(C)o1. The van der Waals surface area contributed by atoms with Crippen LogP contribution in [0.4, 0.5) is 0 Å². The Labute approximate surface area is 185 Å². The van der Waals surface area contributed by atoms with E-state index in [-0.39, 0.29) is 11.6 Å². The van der Waals surface area contributed by atoms with Gasteiger partial charge in [0.2, 0.25) is 5.91 Å². The third kappa shape index (κ3) is 3.87. The summed E-state index contributed by atoms with van der Waals surface area (Å²) in [5.41, 5.74) is 3.10. The normalized spacial score (nSPS) is 12.0. The van der Waals surface area contributed by atoms with Gasteiger partial charge in [-0.25, -0.2) is 4.98 Å². The predicted octanol–water partition coefficient (Wildman–Crippen LogP) is 3.97. The molecule has 0 radical (unpaired) electrons. The van der Waals surface area contributed by atoms with Gasteiger partial charge in [0.15, 0.2) is 0 Å². The Hall–Kier alpha value is -3.94. The number of carbonyl (C=O) groups is 2. The van der Waals surface area contributed by atoms with E-state index in [0.717, 1.165) is 11.3 Å². The van der Waals surface area contributed by atoms with Crippen LogP contribution in [0.15, 0.2) is 51.4 Å². The molecule has 0 aliphatic heterocycles. The fourth-order valence-corrected chi connectivity index (χ4v) is 3.70. The minimum atomic E-state index is -0.844. The standard InChI is InChI=1S/C24H24N4O4/c1-13-11-17(15(3)31-13)19-12-18(20-14(2)27-32-23(20)25-19)22(29)26-21(24(30)28(4)5)16-9-7-6-8-10-16/h6-12,21H,1-5H3,(H,26,29)/t21-/m1/s1. The highest BCUT2D eigenvalue weighted by atomic mass is 16.5. The molecule has 4 aromatic rings. The van der Waals surface area contributed by atoms with Crippen LogP contribution in [0.5, 0.6) is 0 Å². The molecule has 4 rings (SSSR count). The van der Waals surface area contributed by atoms with Crippen molar-refractivity contribution in [2.45, 2.75) is 26.8 Å². The first-order chi connectivity index (χ1) is 15.3. The van der Waals surface area contributed by atoms with Gasteiger partial charge in [0, 0.05) is 19.7 Å². The van der Waals surface area contributed by atoms with Crippen molar-refractivity contribution in [3.63, 3.8) is 0 Å². The van der Waals surface area contributed by atoms with E-state index in [1.165, 1.54) is 4.90 Å². The van der Waals surface area contributed by atoms with Crippen molar-refractivity contribution in [1.82, 2.24) is 20.4 Å². The number of rotatable bonds is 5. The second-order valence-corrected chi connectivity index (χ2v) is 7.88. The average Bonchev–Trinajstić information content (AvgIpc) is 3.32. The van der Waals surface area contributed by atoms with Crippen LogP contribution in [-0.4, -0.2) is 41.0 Å². The number of nitrogens with zero attached hydrogens (tertiary/aromatic N) is 3. The van der Waals surface area contributed by atoms with Crippen molar-refractivity contribution in [2.75, 3.05) is 14.1 Å². The lowest BCUT2D eigenvalue weighted by Crippen LogP contribution is -2.40. The lowest BCUT2D eigenvalue weighted by molar-refractivity contribution is -0.130. The Bertz CT molecular complexity index is 1300. The van der Waals surface area contributed by atoms with Crippen molar-refractivity contribution in [1.29, 1.82) is 0 Å². The van der Waals surface area contributed by atoms with Crippen molar-refractivity contribution in [3.8, 4) is 11.3 Å². The molecule has 0 aliphatic carbocycles. The van der Waals surface area contributed by atoms with E-state index < -0.39 is 11.9 Å². The summed E-state index contributed by atoms with van der Waals surface area (Å²) in [5.74, 6) is 0.757. The number of hydrogen-bond acceptors (Lipinski definition) is 6. The van der Waals surface area contributed by atoms with Crippen LogP contribution in [0, 0.1) is 20.8 Å². The third-order valence-corrected chi connectivity index (χ3v) is 5.27. The van der Waals surface area contributed by atoms with Crippen LogP contribution in [-0.2, 0) is 4.79 Å². The number of furan rings is 1. The van der Waals surface area contributed by atoms with Gasteiger partial charge in [-0.3, -0.25) is 9.59 Å². The molecule has 3 aromatic heterocycles. The Kier molecular flexibility index (Phi) is 5.52. The summed E-state index contributed by atoms with van der Waals surface area (Å²) in [4.78, 5) is 32.4. The van der Waals surface area contributed by atoms with Crippen LogP contribution in [0.2, 0.25) is 0 Å². The number of nitrogens with one attached hydrogen (secondary N) is 1. The molecule has 0 aliphatic rings. The van der Waals surface area contributed by atoms with E-state index in [1.807, 2.05) is 50.2 Å². The molecule has 0 saturated carbocycles. The molecule has 8 heteroatoms. The van der Waals surface area contributed by atoms with Gasteiger partial charge in [-0.15, -0.1) is 0 Å².